The summed E-state index contributed by atoms with van der Waals surface area (Å²) >= 11 is 3.40. The first-order valence-corrected chi connectivity index (χ1v) is 6.92. The highest BCUT2D eigenvalue weighted by molar-refractivity contribution is 9.10. The van der Waals surface area contributed by atoms with E-state index >= 15 is 0 Å². The van der Waals surface area contributed by atoms with Gasteiger partial charge in [0.15, 0.2) is 0 Å². The van der Waals surface area contributed by atoms with E-state index in [2.05, 4.69) is 33.2 Å². The molecule has 3 nitrogen and oxygen atoms in total. The number of pyridine rings is 1. The Labute approximate surface area is 111 Å². The Balaban J connectivity index is 1.97. The Hall–Kier alpha value is -0.610. The molecular formula is C13H19BrN2O. The van der Waals surface area contributed by atoms with Crippen molar-refractivity contribution in [3.63, 3.8) is 0 Å². The number of nitrogens with one attached hydrogen (secondary N) is 1. The predicted molar refractivity (Wildman–Crippen MR) is 73.0 cm³/mol. The number of hydrogen-bond acceptors (Lipinski definition) is 3. The normalized spacial score (nSPS) is 29.0. The zero-order valence-corrected chi connectivity index (χ0v) is 11.7. The Bertz CT molecular complexity index is 385. The van der Waals surface area contributed by atoms with E-state index in [4.69, 9.17) is 0 Å². The summed E-state index contributed by atoms with van der Waals surface area (Å²) in [6.45, 7) is 2.96. The molecule has 1 heterocycles. The van der Waals surface area contributed by atoms with Gasteiger partial charge in [0.25, 0.3) is 0 Å². The molecule has 4 heteroatoms. The van der Waals surface area contributed by atoms with Gasteiger partial charge in [0.05, 0.1) is 18.0 Å². The molecule has 17 heavy (non-hydrogen) atoms. The van der Waals surface area contributed by atoms with Crippen molar-refractivity contribution in [2.45, 2.75) is 38.7 Å². The highest BCUT2D eigenvalue weighted by atomic mass is 79.9. The molecule has 2 atom stereocenters. The maximum atomic E-state index is 10.1. The van der Waals surface area contributed by atoms with Crippen LogP contribution in [0.1, 0.15) is 32.6 Å². The van der Waals surface area contributed by atoms with E-state index in [0.29, 0.717) is 0 Å². The van der Waals surface area contributed by atoms with Crippen molar-refractivity contribution in [1.82, 2.24) is 4.98 Å². The molecule has 1 fully saturated rings. The lowest BCUT2D eigenvalue weighted by atomic mass is 9.73. The maximum absolute atomic E-state index is 10.1. The second kappa shape index (κ2) is 5.36. The van der Waals surface area contributed by atoms with Crippen LogP contribution in [-0.2, 0) is 0 Å². The molecule has 0 aliphatic heterocycles. The molecule has 0 spiro atoms. The van der Waals surface area contributed by atoms with Crippen LogP contribution in [0.25, 0.3) is 0 Å². The van der Waals surface area contributed by atoms with E-state index in [9.17, 15) is 5.11 Å². The molecule has 0 bridgehead atoms. The van der Waals surface area contributed by atoms with Gasteiger partial charge in [0, 0.05) is 22.6 Å². The molecule has 1 aliphatic rings. The SMILES string of the molecule is CC1(CNc2cncc(Br)c2)CCCCC1O. The highest BCUT2D eigenvalue weighted by Gasteiger charge is 2.34. The van der Waals surface area contributed by atoms with Crippen molar-refractivity contribution in [3.05, 3.63) is 22.9 Å². The second-order valence-electron chi connectivity index (χ2n) is 5.16. The Kier molecular flexibility index (Phi) is 4.05. The van der Waals surface area contributed by atoms with Gasteiger partial charge >= 0.3 is 0 Å². The largest absolute Gasteiger partial charge is 0.392 e. The van der Waals surface area contributed by atoms with E-state index in [1.165, 1.54) is 6.42 Å². The smallest absolute Gasteiger partial charge is 0.0610 e. The van der Waals surface area contributed by atoms with Crippen LogP contribution < -0.4 is 5.32 Å². The van der Waals surface area contributed by atoms with Crippen molar-refractivity contribution in [1.29, 1.82) is 0 Å². The van der Waals surface area contributed by atoms with Gasteiger partial charge < -0.3 is 10.4 Å². The fraction of sp³-hybridized carbons (Fsp3) is 0.615. The molecule has 0 radical (unpaired) electrons. The number of aliphatic hydroxyl groups excluding tert-OH is 1. The lowest BCUT2D eigenvalue weighted by Gasteiger charge is -2.38. The van der Waals surface area contributed by atoms with E-state index in [0.717, 1.165) is 36.0 Å². The average molecular weight is 299 g/mol. The number of halogens is 1. The highest BCUT2D eigenvalue weighted by Crippen LogP contribution is 2.36. The molecular weight excluding hydrogens is 280 g/mol. The monoisotopic (exact) mass is 298 g/mol. The summed E-state index contributed by atoms with van der Waals surface area (Å²) < 4.78 is 0.969. The quantitative estimate of drug-likeness (QED) is 0.901. The number of anilines is 1. The van der Waals surface area contributed by atoms with Crippen LogP contribution in [0.3, 0.4) is 0 Å². The van der Waals surface area contributed by atoms with Crippen LogP contribution in [0, 0.1) is 5.41 Å². The summed E-state index contributed by atoms with van der Waals surface area (Å²) in [5.41, 5.74) is 0.985. The summed E-state index contributed by atoms with van der Waals surface area (Å²) in [5, 5.41) is 13.5. The number of aromatic nitrogens is 1. The zero-order valence-electron chi connectivity index (χ0n) is 10.1. The lowest BCUT2D eigenvalue weighted by Crippen LogP contribution is -2.41. The van der Waals surface area contributed by atoms with E-state index < -0.39 is 0 Å². The summed E-state index contributed by atoms with van der Waals surface area (Å²) in [6.07, 6.45) is 7.76. The van der Waals surface area contributed by atoms with Crippen molar-refractivity contribution in [2.75, 3.05) is 11.9 Å². The van der Waals surface area contributed by atoms with Crippen molar-refractivity contribution < 1.29 is 5.11 Å². The number of hydrogen-bond donors (Lipinski definition) is 2. The van der Waals surface area contributed by atoms with E-state index in [-0.39, 0.29) is 11.5 Å². The van der Waals surface area contributed by atoms with Crippen molar-refractivity contribution in [3.8, 4) is 0 Å². The van der Waals surface area contributed by atoms with Crippen LogP contribution in [-0.4, -0.2) is 22.7 Å². The fourth-order valence-electron chi connectivity index (χ4n) is 2.40. The van der Waals surface area contributed by atoms with Gasteiger partial charge in [-0.05, 0) is 34.8 Å². The first-order valence-electron chi connectivity index (χ1n) is 6.13. The van der Waals surface area contributed by atoms with E-state index in [1.54, 1.807) is 6.20 Å². The van der Waals surface area contributed by atoms with Gasteiger partial charge in [0.1, 0.15) is 0 Å². The van der Waals surface area contributed by atoms with Gasteiger partial charge in [0.2, 0.25) is 0 Å². The van der Waals surface area contributed by atoms with Crippen molar-refractivity contribution in [2.24, 2.45) is 5.41 Å². The lowest BCUT2D eigenvalue weighted by molar-refractivity contribution is 0.00962. The van der Waals surface area contributed by atoms with Crippen LogP contribution in [0.15, 0.2) is 22.9 Å². The fourth-order valence-corrected chi connectivity index (χ4v) is 2.77. The van der Waals surface area contributed by atoms with Gasteiger partial charge in [-0.25, -0.2) is 0 Å². The van der Waals surface area contributed by atoms with Gasteiger partial charge in [-0.1, -0.05) is 19.8 Å². The number of rotatable bonds is 3. The Morgan fingerprint density at radius 3 is 3.06 bits per heavy atom. The predicted octanol–water partition coefficient (Wildman–Crippen LogP) is 3.20. The summed E-state index contributed by atoms with van der Waals surface area (Å²) in [5.74, 6) is 0. The molecule has 0 amide bonds. The van der Waals surface area contributed by atoms with Gasteiger partial charge in [-0.3, -0.25) is 4.98 Å². The maximum Gasteiger partial charge on any atom is 0.0610 e. The minimum atomic E-state index is -0.191. The first-order chi connectivity index (χ1) is 8.10. The minimum Gasteiger partial charge on any atom is -0.392 e. The average Bonchev–Trinajstić information content (AvgIpc) is 2.31. The molecule has 1 aromatic rings. The first kappa shape index (κ1) is 12.8. The molecule has 1 saturated carbocycles. The van der Waals surface area contributed by atoms with Crippen molar-refractivity contribution >= 4 is 21.6 Å². The standard InChI is InChI=1S/C13H19BrN2O/c1-13(5-3-2-4-12(13)17)9-16-11-6-10(14)7-15-8-11/h6-8,12,16-17H,2-5,9H2,1H3. The molecule has 1 aliphatic carbocycles. The minimum absolute atomic E-state index is 0.0133. The zero-order chi connectivity index (χ0) is 12.3. The Morgan fingerprint density at radius 2 is 2.35 bits per heavy atom. The second-order valence-corrected chi connectivity index (χ2v) is 6.08. The van der Waals surface area contributed by atoms with Crippen LogP contribution >= 0.6 is 15.9 Å². The Morgan fingerprint density at radius 1 is 1.53 bits per heavy atom. The third-order valence-corrected chi connectivity index (χ3v) is 4.11. The molecule has 1 aromatic heterocycles. The molecule has 0 aromatic carbocycles. The number of nitrogens with zero attached hydrogens (tertiary/aromatic N) is 1. The van der Waals surface area contributed by atoms with Crippen LogP contribution in [0.2, 0.25) is 0 Å². The van der Waals surface area contributed by atoms with Gasteiger partial charge in [-0.15, -0.1) is 0 Å². The number of aliphatic hydroxyl groups is 1. The molecule has 2 rings (SSSR count). The topological polar surface area (TPSA) is 45.2 Å². The molecule has 94 valence electrons. The van der Waals surface area contributed by atoms with Crippen LogP contribution in [0.5, 0.6) is 0 Å². The van der Waals surface area contributed by atoms with E-state index in [1.807, 2.05) is 12.3 Å². The summed E-state index contributed by atoms with van der Waals surface area (Å²) in [7, 11) is 0. The summed E-state index contributed by atoms with van der Waals surface area (Å²) in [4.78, 5) is 4.12. The third-order valence-electron chi connectivity index (χ3n) is 3.68. The van der Waals surface area contributed by atoms with Crippen LogP contribution in [0.4, 0.5) is 5.69 Å². The third kappa shape index (κ3) is 3.19. The molecule has 2 unspecified atom stereocenters. The molecule has 0 saturated heterocycles. The molecule has 2 N–H and O–H groups in total. The summed E-state index contributed by atoms with van der Waals surface area (Å²) in [6, 6.07) is 2.01. The van der Waals surface area contributed by atoms with Gasteiger partial charge in [-0.2, -0.15) is 0 Å².